The molecular formula is C14H22ClN3O2. The van der Waals surface area contributed by atoms with Gasteiger partial charge in [-0.25, -0.2) is 10.2 Å². The van der Waals surface area contributed by atoms with Gasteiger partial charge in [-0.3, -0.25) is 5.43 Å². The van der Waals surface area contributed by atoms with Crippen molar-refractivity contribution in [1.29, 1.82) is 0 Å². The molecular weight excluding hydrogens is 278 g/mol. The van der Waals surface area contributed by atoms with Gasteiger partial charge < -0.3 is 10.1 Å². The summed E-state index contributed by atoms with van der Waals surface area (Å²) in [6.45, 7) is 2.33. The van der Waals surface area contributed by atoms with Crippen LogP contribution in [0, 0.1) is 0 Å². The lowest BCUT2D eigenvalue weighted by Gasteiger charge is -2.16. The molecule has 20 heavy (non-hydrogen) atoms. The molecule has 1 unspecified atom stereocenters. The number of nitrogens with one attached hydrogen (secondary N) is 3. The molecule has 0 radical (unpaired) electrons. The van der Waals surface area contributed by atoms with Crippen LogP contribution < -0.4 is 16.2 Å². The van der Waals surface area contributed by atoms with Crippen LogP contribution in [0.15, 0.2) is 30.3 Å². The maximum Gasteiger partial charge on any atom is 0.421 e. The predicted octanol–water partition coefficient (Wildman–Crippen LogP) is 1.98. The molecule has 2 rings (SSSR count). The zero-order valence-electron chi connectivity index (χ0n) is 11.4. The number of hydrogen-bond donors (Lipinski definition) is 3. The fourth-order valence-corrected chi connectivity index (χ4v) is 2.08. The molecule has 0 saturated carbocycles. The van der Waals surface area contributed by atoms with E-state index in [4.69, 9.17) is 4.74 Å². The zero-order valence-corrected chi connectivity index (χ0v) is 12.2. The fourth-order valence-electron chi connectivity index (χ4n) is 2.08. The molecule has 1 aromatic rings. The summed E-state index contributed by atoms with van der Waals surface area (Å²) >= 11 is 0. The minimum absolute atomic E-state index is 0. The second-order valence-electron chi connectivity index (χ2n) is 4.71. The molecule has 1 saturated heterocycles. The quantitative estimate of drug-likeness (QED) is 0.744. The first-order valence-corrected chi connectivity index (χ1v) is 6.77. The van der Waals surface area contributed by atoms with Crippen LogP contribution in [0.5, 0.6) is 0 Å². The van der Waals surface area contributed by atoms with Crippen molar-refractivity contribution in [1.82, 2.24) is 16.2 Å². The van der Waals surface area contributed by atoms with E-state index < -0.39 is 6.09 Å². The van der Waals surface area contributed by atoms with Gasteiger partial charge in [0.25, 0.3) is 0 Å². The average molecular weight is 300 g/mol. The van der Waals surface area contributed by atoms with Crippen molar-refractivity contribution in [2.75, 3.05) is 13.1 Å². The van der Waals surface area contributed by atoms with Crippen molar-refractivity contribution in [3.8, 4) is 0 Å². The lowest BCUT2D eigenvalue weighted by atomic mass is 10.1. The summed E-state index contributed by atoms with van der Waals surface area (Å²) in [6.07, 6.45) is 2.77. The fraction of sp³-hybridized carbons (Fsp3) is 0.500. The molecule has 1 aromatic carbocycles. The largest absolute Gasteiger partial charge is 0.444 e. The molecule has 6 heteroatoms. The topological polar surface area (TPSA) is 62.4 Å². The van der Waals surface area contributed by atoms with Crippen molar-refractivity contribution in [2.24, 2.45) is 0 Å². The predicted molar refractivity (Wildman–Crippen MR) is 80.7 cm³/mol. The Balaban J connectivity index is 0.00000200. The molecule has 1 fully saturated rings. The van der Waals surface area contributed by atoms with E-state index in [9.17, 15) is 4.79 Å². The number of carbonyl (C=O) groups is 1. The summed E-state index contributed by atoms with van der Waals surface area (Å²) in [5.74, 6) is 0. The van der Waals surface area contributed by atoms with E-state index >= 15 is 0 Å². The van der Waals surface area contributed by atoms with E-state index in [1.54, 1.807) is 0 Å². The van der Waals surface area contributed by atoms with E-state index in [-0.39, 0.29) is 12.4 Å². The highest BCUT2D eigenvalue weighted by molar-refractivity contribution is 5.85. The number of hydrogen-bond acceptors (Lipinski definition) is 4. The summed E-state index contributed by atoms with van der Waals surface area (Å²) < 4.78 is 5.12. The van der Waals surface area contributed by atoms with Crippen LogP contribution >= 0.6 is 12.4 Å². The molecule has 1 amide bonds. The van der Waals surface area contributed by atoms with Crippen LogP contribution in [-0.4, -0.2) is 25.2 Å². The Bertz CT molecular complexity index is 381. The molecule has 3 N–H and O–H groups in total. The van der Waals surface area contributed by atoms with Gasteiger partial charge in [0.15, 0.2) is 0 Å². The van der Waals surface area contributed by atoms with Gasteiger partial charge in [0, 0.05) is 6.04 Å². The third-order valence-electron chi connectivity index (χ3n) is 3.17. The monoisotopic (exact) mass is 299 g/mol. The summed E-state index contributed by atoms with van der Waals surface area (Å²) in [5.41, 5.74) is 6.63. The molecule has 0 bridgehead atoms. The van der Waals surface area contributed by atoms with E-state index in [1.807, 2.05) is 30.3 Å². The number of amides is 1. The summed E-state index contributed by atoms with van der Waals surface area (Å²) in [7, 11) is 0. The first-order chi connectivity index (χ1) is 9.34. The van der Waals surface area contributed by atoms with Crippen molar-refractivity contribution in [3.05, 3.63) is 35.9 Å². The van der Waals surface area contributed by atoms with Crippen LogP contribution in [0.4, 0.5) is 4.79 Å². The van der Waals surface area contributed by atoms with E-state index in [0.29, 0.717) is 12.6 Å². The maximum absolute atomic E-state index is 11.5. The van der Waals surface area contributed by atoms with Gasteiger partial charge in [0.2, 0.25) is 0 Å². The van der Waals surface area contributed by atoms with Crippen LogP contribution in [-0.2, 0) is 11.3 Å². The van der Waals surface area contributed by atoms with Gasteiger partial charge in [-0.05, 0) is 37.9 Å². The smallest absolute Gasteiger partial charge is 0.421 e. The number of carbonyl (C=O) groups excluding carboxylic acids is 1. The van der Waals surface area contributed by atoms with Crippen molar-refractivity contribution < 1.29 is 9.53 Å². The van der Waals surface area contributed by atoms with Gasteiger partial charge in [0.05, 0.1) is 0 Å². The Hall–Kier alpha value is -1.30. The van der Waals surface area contributed by atoms with Crippen LogP contribution in [0.1, 0.15) is 24.8 Å². The maximum atomic E-state index is 11.5. The van der Waals surface area contributed by atoms with Gasteiger partial charge in [-0.15, -0.1) is 12.4 Å². The highest BCUT2D eigenvalue weighted by atomic mass is 35.5. The molecule has 0 spiro atoms. The number of halogens is 1. The minimum Gasteiger partial charge on any atom is -0.444 e. The molecule has 112 valence electrons. The van der Waals surface area contributed by atoms with Crippen LogP contribution in [0.25, 0.3) is 0 Å². The second-order valence-corrected chi connectivity index (χ2v) is 4.71. The number of ether oxygens (including phenoxy) is 1. The van der Waals surface area contributed by atoms with E-state index in [2.05, 4.69) is 16.2 Å². The molecule has 0 aliphatic carbocycles. The second kappa shape index (κ2) is 9.58. The third kappa shape index (κ3) is 6.23. The number of rotatable bonds is 4. The molecule has 0 aromatic heterocycles. The van der Waals surface area contributed by atoms with Gasteiger partial charge in [-0.2, -0.15) is 0 Å². The van der Waals surface area contributed by atoms with Gasteiger partial charge in [0.1, 0.15) is 6.61 Å². The average Bonchev–Trinajstić information content (AvgIpc) is 2.73. The van der Waals surface area contributed by atoms with Gasteiger partial charge in [-0.1, -0.05) is 30.3 Å². The normalized spacial score (nSPS) is 18.5. The molecule has 1 atom stereocenters. The summed E-state index contributed by atoms with van der Waals surface area (Å²) in [6, 6.07) is 9.96. The van der Waals surface area contributed by atoms with Crippen molar-refractivity contribution in [3.63, 3.8) is 0 Å². The van der Waals surface area contributed by atoms with Gasteiger partial charge >= 0.3 is 6.09 Å². The third-order valence-corrected chi connectivity index (χ3v) is 3.17. The number of hydrazine groups is 1. The Labute approximate surface area is 125 Å². The van der Waals surface area contributed by atoms with Crippen molar-refractivity contribution in [2.45, 2.75) is 31.9 Å². The number of benzene rings is 1. The minimum atomic E-state index is -0.430. The summed E-state index contributed by atoms with van der Waals surface area (Å²) in [5, 5.41) is 3.33. The Kier molecular flexibility index (Phi) is 8.02. The molecule has 1 aliphatic heterocycles. The summed E-state index contributed by atoms with van der Waals surface area (Å²) in [4.78, 5) is 11.5. The van der Waals surface area contributed by atoms with Crippen LogP contribution in [0.2, 0.25) is 0 Å². The zero-order chi connectivity index (χ0) is 13.3. The molecule has 1 heterocycles. The van der Waals surface area contributed by atoms with Crippen molar-refractivity contribution >= 4 is 18.5 Å². The standard InChI is InChI=1S/C14H21N3O2.ClH/c18-14(19-11-12-5-2-1-3-6-12)17-16-13-7-4-9-15-10-8-13;/h1-3,5-6,13,15-16H,4,7-11H2,(H,17,18);1H. The molecule has 5 nitrogen and oxygen atoms in total. The first kappa shape index (κ1) is 16.8. The Morgan fingerprint density at radius 3 is 2.85 bits per heavy atom. The Morgan fingerprint density at radius 1 is 1.25 bits per heavy atom. The highest BCUT2D eigenvalue weighted by Gasteiger charge is 2.12. The highest BCUT2D eigenvalue weighted by Crippen LogP contribution is 2.04. The lowest BCUT2D eigenvalue weighted by molar-refractivity contribution is 0.132. The van der Waals surface area contributed by atoms with E-state index in [1.165, 1.54) is 0 Å². The van der Waals surface area contributed by atoms with E-state index in [0.717, 1.165) is 37.9 Å². The SMILES string of the molecule is Cl.O=C(NNC1CCCNCC1)OCc1ccccc1. The van der Waals surface area contributed by atoms with Crippen LogP contribution in [0.3, 0.4) is 0 Å². The molecule has 1 aliphatic rings. The lowest BCUT2D eigenvalue weighted by Crippen LogP contribution is -2.44. The Morgan fingerprint density at radius 2 is 2.05 bits per heavy atom. The first-order valence-electron chi connectivity index (χ1n) is 6.77.